The van der Waals surface area contributed by atoms with Crippen LogP contribution < -0.4 is 0 Å². The highest BCUT2D eigenvalue weighted by Gasteiger charge is 2.13. The second-order valence-electron chi connectivity index (χ2n) is 3.29. The van der Waals surface area contributed by atoms with E-state index >= 15 is 0 Å². The van der Waals surface area contributed by atoms with Crippen molar-refractivity contribution in [2.45, 2.75) is 13.0 Å². The van der Waals surface area contributed by atoms with Crippen LogP contribution in [0.5, 0.6) is 0 Å². The molecule has 0 aliphatic rings. The van der Waals surface area contributed by atoms with Gasteiger partial charge in [-0.2, -0.15) is 0 Å². The molecule has 0 aliphatic carbocycles. The smallest absolute Gasteiger partial charge is 0.455 e. The number of esters is 1. The Kier molecular flexibility index (Phi) is 5.00. The summed E-state index contributed by atoms with van der Waals surface area (Å²) in [5.41, 5.74) is 0.874. The molecule has 5 nitrogen and oxygen atoms in total. The first-order chi connectivity index (χ1) is 8.13. The van der Waals surface area contributed by atoms with E-state index < -0.39 is 18.7 Å². The summed E-state index contributed by atoms with van der Waals surface area (Å²) in [6.45, 7) is 1.29. The molecule has 0 saturated heterocycles. The van der Waals surface area contributed by atoms with Crippen LogP contribution in [0.2, 0.25) is 0 Å². The van der Waals surface area contributed by atoms with Crippen molar-refractivity contribution in [3.63, 3.8) is 0 Å². The number of hydrogen-bond acceptors (Lipinski definition) is 5. The zero-order valence-corrected chi connectivity index (χ0v) is 9.71. The average Bonchev–Trinajstić information content (AvgIpc) is 2.36. The summed E-state index contributed by atoms with van der Waals surface area (Å²) in [6.07, 6.45) is -1.29. The summed E-state index contributed by atoms with van der Waals surface area (Å²) < 4.78 is 13.7. The molecule has 0 amide bonds. The first-order valence-corrected chi connectivity index (χ1v) is 5.08. The molecule has 1 aromatic carbocycles. The number of hydrogen-bond donors (Lipinski definition) is 0. The fourth-order valence-corrected chi connectivity index (χ4v) is 1.20. The van der Waals surface area contributed by atoms with Gasteiger partial charge in [-0.15, -0.1) is 0 Å². The summed E-state index contributed by atoms with van der Waals surface area (Å²) in [5.74, 6) is -0.619. The fourth-order valence-electron chi connectivity index (χ4n) is 1.20. The van der Waals surface area contributed by atoms with Crippen LogP contribution in [0.4, 0.5) is 4.79 Å². The molecule has 1 rings (SSSR count). The third-order valence-electron chi connectivity index (χ3n) is 2.05. The topological polar surface area (TPSA) is 61.8 Å². The molecular formula is C12H14O5. The van der Waals surface area contributed by atoms with Crippen molar-refractivity contribution in [2.24, 2.45) is 0 Å². The van der Waals surface area contributed by atoms with Crippen LogP contribution in [0.15, 0.2) is 30.3 Å². The molecule has 5 heteroatoms. The number of carbonyl (C=O) groups excluding carboxylic acids is 2. The maximum atomic E-state index is 11.3. The maximum absolute atomic E-state index is 11.3. The summed E-state index contributed by atoms with van der Waals surface area (Å²) in [5, 5.41) is 0. The van der Waals surface area contributed by atoms with Gasteiger partial charge in [0.15, 0.2) is 6.61 Å². The maximum Gasteiger partial charge on any atom is 0.508 e. The number of carbonyl (C=O) groups is 2. The van der Waals surface area contributed by atoms with E-state index in [0.29, 0.717) is 0 Å². The molecule has 0 heterocycles. The van der Waals surface area contributed by atoms with Crippen LogP contribution in [-0.2, 0) is 19.0 Å². The number of ether oxygens (including phenoxy) is 3. The zero-order valence-electron chi connectivity index (χ0n) is 9.71. The van der Waals surface area contributed by atoms with Crippen molar-refractivity contribution in [3.8, 4) is 0 Å². The van der Waals surface area contributed by atoms with Gasteiger partial charge in [0, 0.05) is 0 Å². The van der Waals surface area contributed by atoms with Crippen LogP contribution in [-0.4, -0.2) is 25.8 Å². The second kappa shape index (κ2) is 6.52. The second-order valence-corrected chi connectivity index (χ2v) is 3.29. The van der Waals surface area contributed by atoms with E-state index in [-0.39, 0.29) is 6.10 Å². The third kappa shape index (κ3) is 4.55. The zero-order chi connectivity index (χ0) is 12.7. The highest BCUT2D eigenvalue weighted by molar-refractivity contribution is 5.73. The van der Waals surface area contributed by atoms with Crippen LogP contribution >= 0.6 is 0 Å². The van der Waals surface area contributed by atoms with Crippen molar-refractivity contribution in [3.05, 3.63) is 35.9 Å². The van der Waals surface area contributed by atoms with Gasteiger partial charge >= 0.3 is 12.1 Å². The van der Waals surface area contributed by atoms with Gasteiger partial charge in [-0.3, -0.25) is 0 Å². The molecule has 0 bridgehead atoms. The van der Waals surface area contributed by atoms with Gasteiger partial charge in [-0.25, -0.2) is 9.59 Å². The number of benzene rings is 1. The first kappa shape index (κ1) is 13.0. The Morgan fingerprint density at radius 3 is 2.47 bits per heavy atom. The summed E-state index contributed by atoms with van der Waals surface area (Å²) in [4.78, 5) is 21.9. The molecule has 92 valence electrons. The average molecular weight is 238 g/mol. The third-order valence-corrected chi connectivity index (χ3v) is 2.05. The van der Waals surface area contributed by atoms with Gasteiger partial charge in [-0.05, 0) is 12.5 Å². The summed E-state index contributed by atoms with van der Waals surface area (Å²) >= 11 is 0. The van der Waals surface area contributed by atoms with E-state index in [9.17, 15) is 9.59 Å². The lowest BCUT2D eigenvalue weighted by atomic mass is 10.1. The molecule has 0 saturated carbocycles. The standard InChI is InChI=1S/C12H14O5/c1-9(10-6-4-3-5-7-10)17-11(13)8-16-12(14)15-2/h3-7,9H,8H2,1-2H3. The quantitative estimate of drug-likeness (QED) is 0.751. The predicted molar refractivity (Wildman–Crippen MR) is 59.3 cm³/mol. The van der Waals surface area contributed by atoms with Crippen LogP contribution in [0.25, 0.3) is 0 Å². The molecule has 0 aliphatic heterocycles. The van der Waals surface area contributed by atoms with Gasteiger partial charge < -0.3 is 14.2 Å². The molecule has 1 unspecified atom stereocenters. The minimum Gasteiger partial charge on any atom is -0.455 e. The number of rotatable bonds is 4. The van der Waals surface area contributed by atoms with E-state index in [0.717, 1.165) is 5.56 Å². The molecular weight excluding hydrogens is 224 g/mol. The monoisotopic (exact) mass is 238 g/mol. The van der Waals surface area contributed by atoms with Crippen LogP contribution in [0.3, 0.4) is 0 Å². The minimum absolute atomic E-state index is 0.384. The first-order valence-electron chi connectivity index (χ1n) is 5.08. The van der Waals surface area contributed by atoms with E-state index in [4.69, 9.17) is 4.74 Å². The molecule has 0 fully saturated rings. The largest absolute Gasteiger partial charge is 0.508 e. The Morgan fingerprint density at radius 2 is 1.88 bits per heavy atom. The van der Waals surface area contributed by atoms with E-state index in [1.807, 2.05) is 30.3 Å². The van der Waals surface area contributed by atoms with Gasteiger partial charge in [0.1, 0.15) is 6.10 Å². The SMILES string of the molecule is COC(=O)OCC(=O)OC(C)c1ccccc1. The molecule has 0 radical (unpaired) electrons. The molecule has 1 atom stereocenters. The molecule has 17 heavy (non-hydrogen) atoms. The molecule has 0 aromatic heterocycles. The van der Waals surface area contributed by atoms with Crippen molar-refractivity contribution in [1.29, 1.82) is 0 Å². The lowest BCUT2D eigenvalue weighted by Gasteiger charge is -2.13. The van der Waals surface area contributed by atoms with Crippen LogP contribution in [0, 0.1) is 0 Å². The highest BCUT2D eigenvalue weighted by Crippen LogP contribution is 2.15. The number of methoxy groups -OCH3 is 1. The predicted octanol–water partition coefficient (Wildman–Crippen LogP) is 2.07. The van der Waals surface area contributed by atoms with Crippen LogP contribution in [0.1, 0.15) is 18.6 Å². The normalized spacial score (nSPS) is 11.4. The van der Waals surface area contributed by atoms with Crippen molar-refractivity contribution in [1.82, 2.24) is 0 Å². The highest BCUT2D eigenvalue weighted by atomic mass is 16.7. The molecule has 1 aromatic rings. The van der Waals surface area contributed by atoms with Gasteiger partial charge in [0.05, 0.1) is 7.11 Å². The van der Waals surface area contributed by atoms with Crippen molar-refractivity contribution in [2.75, 3.05) is 13.7 Å². The van der Waals surface area contributed by atoms with Gasteiger partial charge in [0.2, 0.25) is 0 Å². The summed E-state index contributed by atoms with van der Waals surface area (Å²) in [7, 11) is 1.17. The Bertz CT molecular complexity index is 374. The fraction of sp³-hybridized carbons (Fsp3) is 0.333. The van der Waals surface area contributed by atoms with Gasteiger partial charge in [-0.1, -0.05) is 30.3 Å². The Labute approximate surface area is 99.3 Å². The summed E-state index contributed by atoms with van der Waals surface area (Å²) in [6, 6.07) is 9.27. The molecule has 0 N–H and O–H groups in total. The lowest BCUT2D eigenvalue weighted by Crippen LogP contribution is -2.17. The van der Waals surface area contributed by atoms with Gasteiger partial charge in [0.25, 0.3) is 0 Å². The van der Waals surface area contributed by atoms with Crippen molar-refractivity contribution >= 4 is 12.1 Å². The van der Waals surface area contributed by atoms with E-state index in [1.54, 1.807) is 6.92 Å². The molecule has 0 spiro atoms. The lowest BCUT2D eigenvalue weighted by molar-refractivity contribution is -0.152. The Hall–Kier alpha value is -2.04. The van der Waals surface area contributed by atoms with Crippen molar-refractivity contribution < 1.29 is 23.8 Å². The van der Waals surface area contributed by atoms with E-state index in [2.05, 4.69) is 9.47 Å². The Morgan fingerprint density at radius 1 is 1.24 bits per heavy atom. The minimum atomic E-state index is -0.908. The Balaban J connectivity index is 2.39. The van der Waals surface area contributed by atoms with E-state index in [1.165, 1.54) is 7.11 Å².